The molecule has 2 fully saturated rings. The van der Waals surface area contributed by atoms with E-state index in [9.17, 15) is 0 Å². The Hall–Kier alpha value is -0.575. The zero-order valence-corrected chi connectivity index (χ0v) is 13.3. The van der Waals surface area contributed by atoms with Crippen LogP contribution in [0.4, 0.5) is 0 Å². The minimum absolute atomic E-state index is 0.354. The Balaban J connectivity index is 1.87. The van der Waals surface area contributed by atoms with Gasteiger partial charge in [0.2, 0.25) is 0 Å². The summed E-state index contributed by atoms with van der Waals surface area (Å²) < 4.78 is 12.1. The molecule has 108 valence electrons. The number of rotatable bonds is 3. The molecule has 0 N–H and O–H groups in total. The summed E-state index contributed by atoms with van der Waals surface area (Å²) in [6.07, 6.45) is 7.25. The molecule has 0 amide bonds. The predicted molar refractivity (Wildman–Crippen MR) is 81.4 cm³/mol. The number of nitrogens with zero attached hydrogens (tertiary/aromatic N) is 1. The van der Waals surface area contributed by atoms with Crippen molar-refractivity contribution in [2.45, 2.75) is 58.2 Å². The highest BCUT2D eigenvalue weighted by molar-refractivity contribution is 6.65. The Bertz CT molecular complexity index is 513. The largest absolute Gasteiger partial charge is 0.497 e. The average molecular weight is 294 g/mol. The molecule has 1 aliphatic heterocycles. The Morgan fingerprint density at radius 1 is 1.20 bits per heavy atom. The van der Waals surface area contributed by atoms with Crippen molar-refractivity contribution >= 4 is 24.2 Å². The van der Waals surface area contributed by atoms with Crippen LogP contribution in [0.3, 0.4) is 0 Å². The van der Waals surface area contributed by atoms with Crippen molar-refractivity contribution < 1.29 is 9.31 Å². The summed E-state index contributed by atoms with van der Waals surface area (Å²) in [7, 11) is -0.431. The predicted octanol–water partition coefficient (Wildman–Crippen LogP) is 2.99. The lowest BCUT2D eigenvalue weighted by Gasteiger charge is -2.32. The second-order valence-electron chi connectivity index (χ2n) is 6.94. The average Bonchev–Trinajstić information content (AvgIpc) is 3.10. The summed E-state index contributed by atoms with van der Waals surface area (Å²) in [5.74, 6) is 0.780. The first kappa shape index (κ1) is 14.4. The van der Waals surface area contributed by atoms with Crippen LogP contribution in [0.2, 0.25) is 5.02 Å². The Labute approximate surface area is 126 Å². The van der Waals surface area contributed by atoms with Crippen molar-refractivity contribution in [3.05, 3.63) is 23.0 Å². The van der Waals surface area contributed by atoms with Gasteiger partial charge in [0, 0.05) is 22.9 Å². The molecule has 0 atom stereocenters. The zero-order valence-electron chi connectivity index (χ0n) is 12.6. The molecule has 1 aromatic rings. The van der Waals surface area contributed by atoms with E-state index in [1.807, 2.05) is 33.9 Å². The molecule has 2 heterocycles. The van der Waals surface area contributed by atoms with Crippen molar-refractivity contribution in [2.75, 3.05) is 0 Å². The normalized spacial score (nSPS) is 24.1. The lowest BCUT2D eigenvalue weighted by molar-refractivity contribution is 0.00578. The maximum Gasteiger partial charge on any atom is 0.497 e. The van der Waals surface area contributed by atoms with Gasteiger partial charge in [-0.2, -0.15) is 0 Å². The molecule has 0 bridgehead atoms. The Kier molecular flexibility index (Phi) is 3.39. The third-order valence-corrected chi connectivity index (χ3v) is 5.15. The van der Waals surface area contributed by atoms with Crippen LogP contribution in [-0.4, -0.2) is 23.3 Å². The maximum absolute atomic E-state index is 6.55. The number of halogens is 1. The van der Waals surface area contributed by atoms with Gasteiger partial charge in [-0.15, -0.1) is 0 Å². The van der Waals surface area contributed by atoms with Crippen molar-refractivity contribution in [3.8, 4) is 0 Å². The first-order chi connectivity index (χ1) is 9.30. The van der Waals surface area contributed by atoms with E-state index < -0.39 is 7.12 Å². The number of aromatic nitrogens is 1. The van der Waals surface area contributed by atoms with Gasteiger partial charge in [0.15, 0.2) is 0 Å². The van der Waals surface area contributed by atoms with Crippen LogP contribution >= 0.6 is 11.6 Å². The number of hydrogen-bond donors (Lipinski definition) is 0. The highest BCUT2D eigenvalue weighted by atomic mass is 35.5. The van der Waals surface area contributed by atoms with Crippen LogP contribution in [-0.2, 0) is 15.7 Å². The van der Waals surface area contributed by atoms with Crippen LogP contribution in [0.15, 0.2) is 12.4 Å². The lowest BCUT2D eigenvalue weighted by atomic mass is 9.79. The van der Waals surface area contributed by atoms with E-state index in [0.29, 0.717) is 0 Å². The summed E-state index contributed by atoms with van der Waals surface area (Å²) in [4.78, 5) is 4.32. The topological polar surface area (TPSA) is 31.4 Å². The van der Waals surface area contributed by atoms with E-state index in [2.05, 4.69) is 4.98 Å². The quantitative estimate of drug-likeness (QED) is 0.803. The summed E-state index contributed by atoms with van der Waals surface area (Å²) in [5, 5.41) is 0.755. The first-order valence-electron chi connectivity index (χ1n) is 7.28. The second kappa shape index (κ2) is 4.72. The van der Waals surface area contributed by atoms with Crippen molar-refractivity contribution in [2.24, 2.45) is 5.92 Å². The highest BCUT2D eigenvalue weighted by Crippen LogP contribution is 2.38. The van der Waals surface area contributed by atoms with E-state index >= 15 is 0 Å². The van der Waals surface area contributed by atoms with Gasteiger partial charge in [-0.1, -0.05) is 11.6 Å². The number of pyridine rings is 1. The SMILES string of the molecule is CC1(C)OB(c2cncc(CC3CC3)c2Cl)OC1(C)C. The third kappa shape index (κ3) is 2.49. The summed E-state index contributed by atoms with van der Waals surface area (Å²) in [6, 6.07) is 0. The van der Waals surface area contributed by atoms with Crippen LogP contribution < -0.4 is 5.46 Å². The van der Waals surface area contributed by atoms with Crippen molar-refractivity contribution in [3.63, 3.8) is 0 Å². The molecular formula is C15H21BClNO2. The Morgan fingerprint density at radius 2 is 1.80 bits per heavy atom. The van der Waals surface area contributed by atoms with Gasteiger partial charge in [0.25, 0.3) is 0 Å². The molecule has 1 aliphatic carbocycles. The molecule has 3 rings (SSSR count). The van der Waals surface area contributed by atoms with Gasteiger partial charge in [-0.05, 0) is 58.4 Å². The zero-order chi connectivity index (χ0) is 14.5. The van der Waals surface area contributed by atoms with Gasteiger partial charge in [-0.3, -0.25) is 4.98 Å². The molecule has 0 unspecified atom stereocenters. The maximum atomic E-state index is 6.55. The van der Waals surface area contributed by atoms with Gasteiger partial charge < -0.3 is 9.31 Å². The standard InChI is InChI=1S/C15H21BClNO2/c1-14(2)15(3,4)20-16(19-14)12-9-18-8-11(13(12)17)7-10-5-6-10/h8-10H,5-7H2,1-4H3. The number of hydrogen-bond acceptors (Lipinski definition) is 3. The highest BCUT2D eigenvalue weighted by Gasteiger charge is 2.52. The molecule has 0 aromatic carbocycles. The van der Waals surface area contributed by atoms with Gasteiger partial charge >= 0.3 is 7.12 Å². The van der Waals surface area contributed by atoms with Crippen LogP contribution in [0.1, 0.15) is 46.1 Å². The third-order valence-electron chi connectivity index (χ3n) is 4.69. The smallest absolute Gasteiger partial charge is 0.399 e. The van der Waals surface area contributed by atoms with Gasteiger partial charge in [0.05, 0.1) is 11.2 Å². The molecule has 20 heavy (non-hydrogen) atoms. The van der Waals surface area contributed by atoms with Gasteiger partial charge in [0.1, 0.15) is 0 Å². The molecular weight excluding hydrogens is 272 g/mol. The molecule has 1 saturated carbocycles. The van der Waals surface area contributed by atoms with E-state index in [1.165, 1.54) is 12.8 Å². The Morgan fingerprint density at radius 3 is 2.35 bits per heavy atom. The molecule has 3 nitrogen and oxygen atoms in total. The van der Waals surface area contributed by atoms with E-state index in [1.54, 1.807) is 6.20 Å². The second-order valence-corrected chi connectivity index (χ2v) is 7.32. The molecule has 1 aromatic heterocycles. The van der Waals surface area contributed by atoms with Crippen molar-refractivity contribution in [1.29, 1.82) is 0 Å². The lowest BCUT2D eigenvalue weighted by Crippen LogP contribution is -2.41. The summed E-state index contributed by atoms with van der Waals surface area (Å²) >= 11 is 6.55. The first-order valence-corrected chi connectivity index (χ1v) is 7.66. The fraction of sp³-hybridized carbons (Fsp3) is 0.667. The van der Waals surface area contributed by atoms with E-state index in [4.69, 9.17) is 20.9 Å². The minimum Gasteiger partial charge on any atom is -0.399 e. The van der Waals surface area contributed by atoms with Gasteiger partial charge in [-0.25, -0.2) is 0 Å². The fourth-order valence-corrected chi connectivity index (χ4v) is 2.68. The monoisotopic (exact) mass is 293 g/mol. The summed E-state index contributed by atoms with van der Waals surface area (Å²) in [5.41, 5.74) is 1.26. The summed E-state index contributed by atoms with van der Waals surface area (Å²) in [6.45, 7) is 8.18. The molecule has 2 aliphatic rings. The molecule has 1 saturated heterocycles. The molecule has 5 heteroatoms. The van der Waals surface area contributed by atoms with Crippen LogP contribution in [0.25, 0.3) is 0 Å². The fourth-order valence-electron chi connectivity index (χ4n) is 2.42. The molecule has 0 radical (unpaired) electrons. The van der Waals surface area contributed by atoms with E-state index in [0.717, 1.165) is 28.4 Å². The van der Waals surface area contributed by atoms with Crippen molar-refractivity contribution in [1.82, 2.24) is 4.98 Å². The van der Waals surface area contributed by atoms with Crippen LogP contribution in [0, 0.1) is 5.92 Å². The molecule has 0 spiro atoms. The van der Waals surface area contributed by atoms with Crippen LogP contribution in [0.5, 0.6) is 0 Å². The minimum atomic E-state index is -0.431. The van der Waals surface area contributed by atoms with E-state index in [-0.39, 0.29) is 11.2 Å².